The van der Waals surface area contributed by atoms with E-state index in [-0.39, 0.29) is 6.19 Å². The average molecular weight is 136 g/mol. The minimum absolute atomic E-state index is 0.110. The van der Waals surface area contributed by atoms with Gasteiger partial charge in [-0.25, -0.2) is 9.98 Å². The lowest BCUT2D eigenvalue weighted by atomic mass is 10.4. The third-order valence-electron chi connectivity index (χ3n) is 1.16. The summed E-state index contributed by atoms with van der Waals surface area (Å²) in [4.78, 5) is 7.67. The van der Waals surface area contributed by atoms with Crippen molar-refractivity contribution in [2.75, 3.05) is 6.58 Å². The molecule has 0 saturated carbocycles. The second-order valence-electron chi connectivity index (χ2n) is 1.80. The van der Waals surface area contributed by atoms with Gasteiger partial charge in [-0.1, -0.05) is 0 Å². The van der Waals surface area contributed by atoms with Crippen molar-refractivity contribution in [3.05, 3.63) is 18.3 Å². The number of aromatic nitrogens is 1. The first kappa shape index (κ1) is 3.71. The number of rotatable bonds is 0. The lowest BCUT2D eigenvalue weighted by molar-refractivity contribution is 0.375. The van der Waals surface area contributed by atoms with Gasteiger partial charge in [0.1, 0.15) is 6.58 Å². The number of pyridine rings is 1. The fourth-order valence-electron chi connectivity index (χ4n) is 0.736. The Balaban J connectivity index is 2.49. The van der Waals surface area contributed by atoms with Crippen LogP contribution in [0.15, 0.2) is 23.3 Å². The van der Waals surface area contributed by atoms with Crippen molar-refractivity contribution < 1.29 is 7.48 Å². The van der Waals surface area contributed by atoms with Crippen LogP contribution in [-0.2, 0) is 0 Å². The highest BCUT2D eigenvalue weighted by Crippen LogP contribution is 2.24. The maximum atomic E-state index is 7.24. The van der Waals surface area contributed by atoms with Crippen molar-refractivity contribution >= 4 is 12.0 Å². The summed E-state index contributed by atoms with van der Waals surface area (Å²) in [6.45, 7) is -1.01. The smallest absolute Gasteiger partial charge is 0.194 e. The Labute approximate surface area is 61.2 Å². The van der Waals surface area contributed by atoms with E-state index in [0.29, 0.717) is 11.6 Å². The summed E-state index contributed by atoms with van der Waals surface area (Å²) < 4.78 is 19.5. The monoisotopic (exact) mass is 136 g/mol. The minimum atomic E-state index is -1.01. The highest BCUT2D eigenvalue weighted by molar-refractivity contribution is 5.68. The van der Waals surface area contributed by atoms with E-state index < -0.39 is 6.58 Å². The summed E-state index contributed by atoms with van der Waals surface area (Å²) in [5, 5.41) is 0. The summed E-state index contributed by atoms with van der Waals surface area (Å²) in [7, 11) is 0. The van der Waals surface area contributed by atoms with Crippen molar-refractivity contribution in [2.45, 2.75) is 0 Å². The van der Waals surface area contributed by atoms with Crippen molar-refractivity contribution in [1.82, 2.24) is 4.98 Å². The van der Waals surface area contributed by atoms with Crippen molar-refractivity contribution in [3.63, 3.8) is 0 Å². The van der Waals surface area contributed by atoms with Crippen LogP contribution in [0.2, 0.25) is 0 Å². The van der Waals surface area contributed by atoms with Gasteiger partial charge < -0.3 is 4.74 Å². The Bertz CT molecular complexity index is 340. The molecule has 3 nitrogen and oxygen atoms in total. The minimum Gasteiger partial charge on any atom is -0.484 e. The molecular weight excluding hydrogens is 128 g/mol. The fourth-order valence-corrected chi connectivity index (χ4v) is 0.736. The fraction of sp³-hybridized carbons (Fsp3) is 0.143. The molecule has 2 rings (SSSR count). The first-order valence-corrected chi connectivity index (χ1v) is 2.86. The molecule has 1 unspecified atom stereocenters. The number of aliphatic imine (C=N–C) groups is 1. The Hall–Kier alpha value is -1.38. The van der Waals surface area contributed by atoms with Crippen LogP contribution in [0.4, 0.5) is 5.82 Å². The third-order valence-corrected chi connectivity index (χ3v) is 1.16. The molecule has 0 amide bonds. The molecule has 1 aromatic heterocycles. The van der Waals surface area contributed by atoms with Gasteiger partial charge in [0.25, 0.3) is 0 Å². The number of hydrogen-bond donors (Lipinski definition) is 0. The van der Waals surface area contributed by atoms with E-state index in [1.807, 2.05) is 0 Å². The second-order valence-corrected chi connectivity index (χ2v) is 1.80. The molecule has 1 aliphatic rings. The van der Waals surface area contributed by atoms with Crippen molar-refractivity contribution in [2.24, 2.45) is 4.99 Å². The van der Waals surface area contributed by atoms with Crippen LogP contribution in [-0.4, -0.2) is 17.8 Å². The van der Waals surface area contributed by atoms with E-state index in [9.17, 15) is 0 Å². The predicted molar refractivity (Wildman–Crippen MR) is 37.9 cm³/mol. The van der Waals surface area contributed by atoms with Crippen LogP contribution < -0.4 is 4.74 Å². The van der Waals surface area contributed by atoms with Gasteiger partial charge in [-0.2, -0.15) is 0 Å². The van der Waals surface area contributed by atoms with Crippen molar-refractivity contribution in [1.29, 1.82) is 0 Å². The molecule has 0 spiro atoms. The summed E-state index contributed by atoms with van der Waals surface area (Å²) in [6, 6.07) is 3.38. The third kappa shape index (κ3) is 0.757. The molecule has 0 fully saturated rings. The van der Waals surface area contributed by atoms with E-state index >= 15 is 0 Å². The van der Waals surface area contributed by atoms with Crippen LogP contribution in [0, 0.1) is 0 Å². The molecule has 0 bridgehead atoms. The van der Waals surface area contributed by atoms with Crippen molar-refractivity contribution in [3.8, 4) is 5.75 Å². The molecule has 1 aromatic rings. The highest BCUT2D eigenvalue weighted by atomic mass is 16.5. The molecule has 0 aromatic carbocycles. The van der Waals surface area contributed by atoms with Crippen LogP contribution in [0.5, 0.6) is 5.75 Å². The molecular formula is C7H6N2O. The van der Waals surface area contributed by atoms with Crippen LogP contribution >= 0.6 is 0 Å². The Morgan fingerprint density at radius 3 is 3.80 bits per heavy atom. The average Bonchev–Trinajstić information content (AvgIpc) is 2.07. The van der Waals surface area contributed by atoms with Crippen LogP contribution in [0.25, 0.3) is 0 Å². The van der Waals surface area contributed by atoms with Crippen LogP contribution in [0.3, 0.4) is 0 Å². The Morgan fingerprint density at radius 1 is 1.80 bits per heavy atom. The van der Waals surface area contributed by atoms with E-state index in [2.05, 4.69) is 9.98 Å². The molecule has 50 valence electrons. The predicted octanol–water partition coefficient (Wildman–Crippen LogP) is 1.18. The number of hydrogen-bond acceptors (Lipinski definition) is 3. The summed E-state index contributed by atoms with van der Waals surface area (Å²) in [5.74, 6) is 0.847. The van der Waals surface area contributed by atoms with Crippen LogP contribution in [0.1, 0.15) is 2.74 Å². The van der Waals surface area contributed by atoms with E-state index in [4.69, 9.17) is 7.48 Å². The molecule has 1 atom stereocenters. The first-order chi connectivity index (χ1) is 5.77. The van der Waals surface area contributed by atoms with Gasteiger partial charge in [-0.3, -0.25) is 0 Å². The molecule has 0 saturated heterocycles. The number of nitrogens with zero attached hydrogens (tertiary/aromatic N) is 2. The Morgan fingerprint density at radius 2 is 2.80 bits per heavy atom. The van der Waals surface area contributed by atoms with E-state index in [1.165, 1.54) is 0 Å². The zero-order chi connectivity index (χ0) is 8.55. The van der Waals surface area contributed by atoms with Gasteiger partial charge in [0, 0.05) is 12.4 Å². The van der Waals surface area contributed by atoms with Gasteiger partial charge in [0.05, 0.1) is 2.74 Å². The van der Waals surface area contributed by atoms with E-state index in [0.717, 1.165) is 0 Å². The number of fused-ring (bicyclic) bond motifs is 1. The molecule has 3 heteroatoms. The normalized spacial score (nSPS) is 25.2. The second kappa shape index (κ2) is 2.10. The largest absolute Gasteiger partial charge is 0.484 e. The Kier molecular flexibility index (Phi) is 0.777. The van der Waals surface area contributed by atoms with E-state index in [1.54, 1.807) is 18.3 Å². The molecule has 1 aliphatic heterocycles. The first-order valence-electron chi connectivity index (χ1n) is 3.94. The molecule has 0 N–H and O–H groups in total. The van der Waals surface area contributed by atoms with Gasteiger partial charge in [-0.15, -0.1) is 0 Å². The van der Waals surface area contributed by atoms with Gasteiger partial charge >= 0.3 is 0 Å². The highest BCUT2D eigenvalue weighted by Gasteiger charge is 2.04. The number of ether oxygens (including phenoxy) is 1. The molecule has 2 heterocycles. The van der Waals surface area contributed by atoms with Gasteiger partial charge in [-0.05, 0) is 12.1 Å². The van der Waals surface area contributed by atoms with Gasteiger partial charge in [0.15, 0.2) is 11.6 Å². The quantitative estimate of drug-likeness (QED) is 0.536. The lowest BCUT2D eigenvalue weighted by Crippen LogP contribution is -2.02. The molecule has 10 heavy (non-hydrogen) atoms. The maximum Gasteiger partial charge on any atom is 0.194 e. The summed E-state index contributed by atoms with van der Waals surface area (Å²) >= 11 is 0. The topological polar surface area (TPSA) is 34.5 Å². The lowest BCUT2D eigenvalue weighted by Gasteiger charge is -2.08. The van der Waals surface area contributed by atoms with Gasteiger partial charge in [0.2, 0.25) is 0 Å². The maximum absolute atomic E-state index is 7.24. The summed E-state index contributed by atoms with van der Waals surface area (Å²) in [6.07, 6.45) is 1.46. The standard InChI is InChI=1S/C7H6N2O/c1-2-6-7(8-3-1)9-4-5-10-6/h1-4H,5H2/i4D,5D. The molecule has 0 aliphatic carbocycles. The zero-order valence-electron chi connectivity index (χ0n) is 7.11. The summed E-state index contributed by atoms with van der Waals surface area (Å²) in [5.41, 5.74) is 0. The zero-order valence-corrected chi connectivity index (χ0v) is 5.11. The SMILES string of the molecule is [2H]C1=Nc2ncccc2OC1[2H]. The molecule has 0 radical (unpaired) electrons.